The van der Waals surface area contributed by atoms with Crippen molar-refractivity contribution in [2.24, 2.45) is 5.41 Å². The molecular formula is C11H20O5. The van der Waals surface area contributed by atoms with Crippen LogP contribution in [0.15, 0.2) is 0 Å². The molecule has 1 aliphatic rings. The number of hydrogen-bond donors (Lipinski definition) is 0. The normalized spacial score (nSPS) is 22.8. The van der Waals surface area contributed by atoms with E-state index in [1.807, 2.05) is 20.8 Å². The van der Waals surface area contributed by atoms with E-state index in [1.165, 1.54) is 7.11 Å². The molecule has 0 spiro atoms. The average Bonchev–Trinajstić information content (AvgIpc) is 2.23. The van der Waals surface area contributed by atoms with Crippen molar-refractivity contribution in [2.45, 2.75) is 26.6 Å². The highest BCUT2D eigenvalue weighted by Crippen LogP contribution is 2.29. The van der Waals surface area contributed by atoms with Crippen molar-refractivity contribution < 1.29 is 23.7 Å². The van der Waals surface area contributed by atoms with Crippen LogP contribution >= 0.6 is 0 Å². The molecule has 0 bridgehead atoms. The van der Waals surface area contributed by atoms with Gasteiger partial charge in [0.05, 0.1) is 26.9 Å². The standard InChI is InChI=1S/C11H20O5/c1-10(2)15-7-11(3,8-16-10)6-14-5-9(12)13-4/h5-8H2,1-4H3. The Morgan fingerprint density at radius 1 is 1.25 bits per heavy atom. The van der Waals surface area contributed by atoms with Crippen molar-refractivity contribution >= 4 is 5.97 Å². The second kappa shape index (κ2) is 5.12. The van der Waals surface area contributed by atoms with E-state index in [-0.39, 0.29) is 18.0 Å². The van der Waals surface area contributed by atoms with Crippen LogP contribution in [0.5, 0.6) is 0 Å². The molecule has 1 rings (SSSR count). The van der Waals surface area contributed by atoms with Gasteiger partial charge < -0.3 is 18.9 Å². The molecule has 5 heteroatoms. The van der Waals surface area contributed by atoms with Gasteiger partial charge in [-0.1, -0.05) is 6.92 Å². The van der Waals surface area contributed by atoms with Crippen molar-refractivity contribution in [3.63, 3.8) is 0 Å². The van der Waals surface area contributed by atoms with Crippen LogP contribution in [0.4, 0.5) is 0 Å². The second-order valence-electron chi connectivity index (χ2n) is 4.86. The molecule has 0 N–H and O–H groups in total. The summed E-state index contributed by atoms with van der Waals surface area (Å²) in [4.78, 5) is 10.9. The number of ether oxygens (including phenoxy) is 4. The highest BCUT2D eigenvalue weighted by molar-refractivity contribution is 5.70. The largest absolute Gasteiger partial charge is 0.467 e. The summed E-state index contributed by atoms with van der Waals surface area (Å²) in [5.74, 6) is -0.899. The molecule has 16 heavy (non-hydrogen) atoms. The number of rotatable bonds is 4. The van der Waals surface area contributed by atoms with Gasteiger partial charge in [-0.3, -0.25) is 0 Å². The molecule has 0 unspecified atom stereocenters. The van der Waals surface area contributed by atoms with Crippen molar-refractivity contribution in [1.82, 2.24) is 0 Å². The van der Waals surface area contributed by atoms with Crippen LogP contribution in [0, 0.1) is 5.41 Å². The van der Waals surface area contributed by atoms with Crippen molar-refractivity contribution in [2.75, 3.05) is 33.5 Å². The van der Waals surface area contributed by atoms with E-state index < -0.39 is 5.79 Å². The summed E-state index contributed by atoms with van der Waals surface area (Å²) < 4.78 is 20.8. The van der Waals surface area contributed by atoms with Crippen molar-refractivity contribution in [3.8, 4) is 0 Å². The lowest BCUT2D eigenvalue weighted by Gasteiger charge is -2.41. The Morgan fingerprint density at radius 3 is 2.31 bits per heavy atom. The van der Waals surface area contributed by atoms with Crippen LogP contribution < -0.4 is 0 Å². The number of esters is 1. The first-order valence-corrected chi connectivity index (χ1v) is 5.29. The topological polar surface area (TPSA) is 54.0 Å². The summed E-state index contributed by atoms with van der Waals surface area (Å²) in [5.41, 5.74) is -0.205. The molecule has 0 aliphatic carbocycles. The maximum absolute atomic E-state index is 10.9. The highest BCUT2D eigenvalue weighted by atomic mass is 16.7. The molecule has 1 heterocycles. The first kappa shape index (κ1) is 13.4. The highest BCUT2D eigenvalue weighted by Gasteiger charge is 2.36. The van der Waals surface area contributed by atoms with Gasteiger partial charge in [-0.25, -0.2) is 4.79 Å². The summed E-state index contributed by atoms with van der Waals surface area (Å²) in [6.07, 6.45) is 0. The summed E-state index contributed by atoms with van der Waals surface area (Å²) in [6, 6.07) is 0. The van der Waals surface area contributed by atoms with E-state index in [9.17, 15) is 4.79 Å². The Balaban J connectivity index is 2.29. The quantitative estimate of drug-likeness (QED) is 0.676. The van der Waals surface area contributed by atoms with E-state index in [0.29, 0.717) is 19.8 Å². The average molecular weight is 232 g/mol. The molecule has 0 aromatic rings. The molecule has 1 saturated heterocycles. The Bertz CT molecular complexity index is 239. The fourth-order valence-corrected chi connectivity index (χ4v) is 1.30. The molecule has 1 fully saturated rings. The minimum atomic E-state index is -0.526. The van der Waals surface area contributed by atoms with Gasteiger partial charge in [0.2, 0.25) is 0 Å². The monoisotopic (exact) mass is 232 g/mol. The third-order valence-electron chi connectivity index (χ3n) is 2.43. The molecule has 0 amide bonds. The van der Waals surface area contributed by atoms with Crippen LogP contribution in [0.1, 0.15) is 20.8 Å². The zero-order chi connectivity index (χ0) is 12.2. The SMILES string of the molecule is COC(=O)COCC1(C)COC(C)(C)OC1. The van der Waals surface area contributed by atoms with Gasteiger partial charge in [0.25, 0.3) is 0 Å². The van der Waals surface area contributed by atoms with E-state index >= 15 is 0 Å². The lowest BCUT2D eigenvalue weighted by Crippen LogP contribution is -2.47. The van der Waals surface area contributed by atoms with E-state index in [4.69, 9.17) is 14.2 Å². The zero-order valence-corrected chi connectivity index (χ0v) is 10.4. The Morgan fingerprint density at radius 2 is 1.81 bits per heavy atom. The maximum atomic E-state index is 10.9. The molecule has 0 radical (unpaired) electrons. The predicted molar refractivity (Wildman–Crippen MR) is 56.9 cm³/mol. The Kier molecular flexibility index (Phi) is 4.29. The fourth-order valence-electron chi connectivity index (χ4n) is 1.30. The molecule has 0 saturated carbocycles. The first-order chi connectivity index (χ1) is 7.37. The molecule has 0 aromatic heterocycles. The smallest absolute Gasteiger partial charge is 0.331 e. The second-order valence-corrected chi connectivity index (χ2v) is 4.86. The van der Waals surface area contributed by atoms with Gasteiger partial charge in [-0.15, -0.1) is 0 Å². The third-order valence-corrected chi connectivity index (χ3v) is 2.43. The van der Waals surface area contributed by atoms with Crippen LogP contribution in [-0.4, -0.2) is 45.3 Å². The van der Waals surface area contributed by atoms with E-state index in [2.05, 4.69) is 4.74 Å². The van der Waals surface area contributed by atoms with Crippen LogP contribution in [0.25, 0.3) is 0 Å². The molecule has 0 atom stereocenters. The van der Waals surface area contributed by atoms with Gasteiger partial charge in [0.15, 0.2) is 5.79 Å². The molecule has 0 aromatic carbocycles. The zero-order valence-electron chi connectivity index (χ0n) is 10.4. The van der Waals surface area contributed by atoms with Gasteiger partial charge in [0, 0.05) is 5.41 Å². The maximum Gasteiger partial charge on any atom is 0.331 e. The van der Waals surface area contributed by atoms with Gasteiger partial charge >= 0.3 is 5.97 Å². The van der Waals surface area contributed by atoms with Gasteiger partial charge in [0.1, 0.15) is 6.61 Å². The number of methoxy groups -OCH3 is 1. The van der Waals surface area contributed by atoms with Crippen molar-refractivity contribution in [3.05, 3.63) is 0 Å². The summed E-state index contributed by atoms with van der Waals surface area (Å²) in [6.45, 7) is 7.25. The van der Waals surface area contributed by atoms with Crippen LogP contribution in [-0.2, 0) is 23.7 Å². The lowest BCUT2D eigenvalue weighted by atomic mass is 9.93. The van der Waals surface area contributed by atoms with Crippen LogP contribution in [0.2, 0.25) is 0 Å². The van der Waals surface area contributed by atoms with Gasteiger partial charge in [-0.05, 0) is 13.8 Å². The number of carbonyl (C=O) groups is 1. The molecular weight excluding hydrogens is 212 g/mol. The van der Waals surface area contributed by atoms with E-state index in [0.717, 1.165) is 0 Å². The summed E-state index contributed by atoms with van der Waals surface area (Å²) >= 11 is 0. The van der Waals surface area contributed by atoms with E-state index in [1.54, 1.807) is 0 Å². The molecule has 1 aliphatic heterocycles. The first-order valence-electron chi connectivity index (χ1n) is 5.29. The fraction of sp³-hybridized carbons (Fsp3) is 0.909. The summed E-state index contributed by atoms with van der Waals surface area (Å²) in [5, 5.41) is 0. The Labute approximate surface area is 96.0 Å². The minimum absolute atomic E-state index is 0.0323. The third kappa shape index (κ3) is 4.08. The molecule has 94 valence electrons. The van der Waals surface area contributed by atoms with Crippen LogP contribution in [0.3, 0.4) is 0 Å². The lowest BCUT2D eigenvalue weighted by molar-refractivity contribution is -0.288. The number of hydrogen-bond acceptors (Lipinski definition) is 5. The van der Waals surface area contributed by atoms with Gasteiger partial charge in [-0.2, -0.15) is 0 Å². The summed E-state index contributed by atoms with van der Waals surface area (Å²) in [7, 11) is 1.34. The van der Waals surface area contributed by atoms with Crippen molar-refractivity contribution in [1.29, 1.82) is 0 Å². The Hall–Kier alpha value is -0.650. The predicted octanol–water partition coefficient (Wildman–Crippen LogP) is 0.965. The molecule has 5 nitrogen and oxygen atoms in total. The number of carbonyl (C=O) groups excluding carboxylic acids is 1. The minimum Gasteiger partial charge on any atom is -0.467 e.